The number of ketones is 2. The Morgan fingerprint density at radius 1 is 0.615 bits per heavy atom. The number of benzene rings is 3. The van der Waals surface area contributed by atoms with Crippen LogP contribution in [0.25, 0.3) is 0 Å². The highest BCUT2D eigenvalue weighted by molar-refractivity contribution is 6.03. The van der Waals surface area contributed by atoms with Crippen LogP contribution in [0.1, 0.15) is 55.3 Å². The van der Waals surface area contributed by atoms with Crippen LogP contribution in [0.2, 0.25) is 0 Å². The second-order valence-corrected chi connectivity index (χ2v) is 7.92. The molecule has 0 fully saturated rings. The summed E-state index contributed by atoms with van der Waals surface area (Å²) in [6.07, 6.45) is 1.01. The van der Waals surface area contributed by atoms with Crippen LogP contribution in [0, 0.1) is 0 Å². The first kappa shape index (κ1) is 28.3. The SMILES string of the molecule is C=CC(=O)OCOc1ccc(C(=O)Oc2ccc(OCOC(=O)c3cc(C(C)=O)cc(C(C)=O)c3)cc2)cc1. The van der Waals surface area contributed by atoms with E-state index in [1.54, 1.807) is 0 Å². The van der Waals surface area contributed by atoms with Crippen molar-refractivity contribution in [3.63, 3.8) is 0 Å². The smallest absolute Gasteiger partial charge is 0.343 e. The normalized spacial score (nSPS) is 10.1. The number of carbonyl (C=O) groups is 5. The van der Waals surface area contributed by atoms with Gasteiger partial charge in [-0.15, -0.1) is 0 Å². The van der Waals surface area contributed by atoms with Gasteiger partial charge in [0.1, 0.15) is 17.2 Å². The Morgan fingerprint density at radius 2 is 1.08 bits per heavy atom. The summed E-state index contributed by atoms with van der Waals surface area (Å²) in [5, 5.41) is 0. The second kappa shape index (κ2) is 13.3. The Hall–Kier alpha value is -5.25. The van der Waals surface area contributed by atoms with Crippen LogP contribution >= 0.6 is 0 Å². The van der Waals surface area contributed by atoms with Gasteiger partial charge in [0.25, 0.3) is 0 Å². The lowest BCUT2D eigenvalue weighted by atomic mass is 10.0. The Bertz CT molecular complexity index is 1360. The number of rotatable bonds is 12. The van der Waals surface area contributed by atoms with Crippen molar-refractivity contribution < 1.29 is 47.7 Å². The van der Waals surface area contributed by atoms with E-state index in [9.17, 15) is 24.0 Å². The quantitative estimate of drug-likeness (QED) is 0.107. The van der Waals surface area contributed by atoms with E-state index in [0.717, 1.165) is 6.08 Å². The lowest BCUT2D eigenvalue weighted by molar-refractivity contribution is -0.144. The minimum Gasteiger partial charge on any atom is -0.457 e. The highest BCUT2D eigenvalue weighted by Crippen LogP contribution is 2.20. The molecule has 3 rings (SSSR count). The van der Waals surface area contributed by atoms with Crippen LogP contribution < -0.4 is 14.2 Å². The van der Waals surface area contributed by atoms with E-state index in [2.05, 4.69) is 6.58 Å². The van der Waals surface area contributed by atoms with Crippen molar-refractivity contribution in [1.29, 1.82) is 0 Å². The maximum absolute atomic E-state index is 12.4. The highest BCUT2D eigenvalue weighted by Gasteiger charge is 2.15. The number of hydrogen-bond donors (Lipinski definition) is 0. The zero-order chi connectivity index (χ0) is 28.4. The Labute approximate surface area is 223 Å². The Balaban J connectivity index is 1.49. The molecule has 39 heavy (non-hydrogen) atoms. The van der Waals surface area contributed by atoms with Crippen molar-refractivity contribution in [2.45, 2.75) is 13.8 Å². The summed E-state index contributed by atoms with van der Waals surface area (Å²) in [6, 6.07) is 16.2. The van der Waals surface area contributed by atoms with Gasteiger partial charge < -0.3 is 23.7 Å². The average Bonchev–Trinajstić information content (AvgIpc) is 2.93. The van der Waals surface area contributed by atoms with Crippen LogP contribution in [0.5, 0.6) is 17.2 Å². The van der Waals surface area contributed by atoms with Crippen LogP contribution in [0.3, 0.4) is 0 Å². The molecule has 10 nitrogen and oxygen atoms in total. The summed E-state index contributed by atoms with van der Waals surface area (Å²) in [5.41, 5.74) is 0.752. The molecule has 0 heterocycles. The predicted octanol–water partition coefficient (Wildman–Crippen LogP) is 4.57. The maximum Gasteiger partial charge on any atom is 0.343 e. The molecule has 0 radical (unpaired) electrons. The van der Waals surface area contributed by atoms with Gasteiger partial charge in [-0.1, -0.05) is 6.58 Å². The molecule has 0 saturated heterocycles. The summed E-state index contributed by atoms with van der Waals surface area (Å²) in [4.78, 5) is 59.2. The lowest BCUT2D eigenvalue weighted by Gasteiger charge is -2.10. The molecule has 0 N–H and O–H groups in total. The van der Waals surface area contributed by atoms with Crippen molar-refractivity contribution >= 4 is 29.5 Å². The molecule has 0 unspecified atom stereocenters. The van der Waals surface area contributed by atoms with E-state index >= 15 is 0 Å². The third-order valence-corrected chi connectivity index (χ3v) is 5.12. The monoisotopic (exact) mass is 532 g/mol. The van der Waals surface area contributed by atoms with Gasteiger partial charge >= 0.3 is 17.9 Å². The van der Waals surface area contributed by atoms with Gasteiger partial charge in [-0.3, -0.25) is 9.59 Å². The zero-order valence-corrected chi connectivity index (χ0v) is 21.1. The zero-order valence-electron chi connectivity index (χ0n) is 21.1. The Morgan fingerprint density at radius 3 is 1.59 bits per heavy atom. The molecule has 200 valence electrons. The minimum atomic E-state index is -0.764. The molecule has 0 saturated carbocycles. The van der Waals surface area contributed by atoms with E-state index in [1.807, 2.05) is 0 Å². The van der Waals surface area contributed by atoms with Crippen LogP contribution in [-0.4, -0.2) is 43.1 Å². The highest BCUT2D eigenvalue weighted by atomic mass is 16.7. The first-order chi connectivity index (χ1) is 18.7. The molecule has 0 aliphatic rings. The molecular weight excluding hydrogens is 508 g/mol. The first-order valence-corrected chi connectivity index (χ1v) is 11.5. The van der Waals surface area contributed by atoms with Crippen molar-refractivity contribution in [1.82, 2.24) is 0 Å². The standard InChI is InChI=1S/C29H24O10/c1-4-27(32)37-16-35-24-7-5-20(6-8-24)29(34)39-26-11-9-25(10-12-26)36-17-38-28(33)23-14-21(18(2)30)13-22(15-23)19(3)31/h4-15H,1,16-17H2,2-3H3. The molecule has 3 aromatic rings. The van der Waals surface area contributed by atoms with E-state index in [4.69, 9.17) is 23.7 Å². The third kappa shape index (κ3) is 8.39. The summed E-state index contributed by atoms with van der Waals surface area (Å²) in [6.45, 7) is 5.21. The summed E-state index contributed by atoms with van der Waals surface area (Å²) >= 11 is 0. The molecule has 0 spiro atoms. The van der Waals surface area contributed by atoms with Crippen molar-refractivity contribution in [3.05, 3.63) is 102 Å². The third-order valence-electron chi connectivity index (χ3n) is 5.12. The predicted molar refractivity (Wildman–Crippen MR) is 137 cm³/mol. The van der Waals surface area contributed by atoms with Gasteiger partial charge in [-0.25, -0.2) is 14.4 Å². The summed E-state index contributed by atoms with van der Waals surface area (Å²) in [7, 11) is 0. The van der Waals surface area contributed by atoms with E-state index in [1.165, 1.54) is 80.6 Å². The fourth-order valence-corrected chi connectivity index (χ4v) is 3.06. The first-order valence-electron chi connectivity index (χ1n) is 11.5. The maximum atomic E-state index is 12.4. The molecule has 0 aliphatic carbocycles. The van der Waals surface area contributed by atoms with Crippen LogP contribution in [0.15, 0.2) is 79.4 Å². The molecule has 10 heteroatoms. The largest absolute Gasteiger partial charge is 0.457 e. The number of ether oxygens (including phenoxy) is 5. The van der Waals surface area contributed by atoms with Gasteiger partial charge in [-0.2, -0.15) is 0 Å². The molecule has 3 aromatic carbocycles. The summed E-state index contributed by atoms with van der Waals surface area (Å²) in [5.74, 6) is -1.61. The fourth-order valence-electron chi connectivity index (χ4n) is 3.06. The van der Waals surface area contributed by atoms with Crippen molar-refractivity contribution in [2.75, 3.05) is 13.6 Å². The van der Waals surface area contributed by atoms with E-state index < -0.39 is 24.7 Å². The topological polar surface area (TPSA) is 132 Å². The van der Waals surface area contributed by atoms with Gasteiger partial charge in [0.2, 0.25) is 13.6 Å². The number of Topliss-reactive ketones (excluding diaryl/α,β-unsaturated/α-hetero) is 2. The van der Waals surface area contributed by atoms with Gasteiger partial charge in [0.05, 0.1) is 11.1 Å². The average molecular weight is 533 g/mol. The van der Waals surface area contributed by atoms with E-state index in [-0.39, 0.29) is 46.4 Å². The minimum absolute atomic E-state index is 0.0504. The second-order valence-electron chi connectivity index (χ2n) is 7.92. The molecule has 0 amide bonds. The molecular formula is C29H24O10. The molecule has 0 bridgehead atoms. The molecule has 0 aliphatic heterocycles. The van der Waals surface area contributed by atoms with Gasteiger partial charge in [-0.05, 0) is 80.6 Å². The number of esters is 3. The molecule has 0 aromatic heterocycles. The summed E-state index contributed by atoms with van der Waals surface area (Å²) < 4.78 is 25.8. The molecule has 0 atom stereocenters. The van der Waals surface area contributed by atoms with Gasteiger partial charge in [0.15, 0.2) is 11.6 Å². The number of hydrogen-bond acceptors (Lipinski definition) is 10. The number of carbonyl (C=O) groups excluding carboxylic acids is 5. The van der Waals surface area contributed by atoms with Crippen LogP contribution in [-0.2, 0) is 14.3 Å². The van der Waals surface area contributed by atoms with Crippen molar-refractivity contribution in [3.8, 4) is 17.2 Å². The lowest BCUT2D eigenvalue weighted by Crippen LogP contribution is -2.12. The van der Waals surface area contributed by atoms with Crippen LogP contribution in [0.4, 0.5) is 0 Å². The Kier molecular flexibility index (Phi) is 9.69. The fraction of sp³-hybridized carbons (Fsp3) is 0.138. The van der Waals surface area contributed by atoms with Crippen molar-refractivity contribution in [2.24, 2.45) is 0 Å². The van der Waals surface area contributed by atoms with Gasteiger partial charge in [0, 0.05) is 17.2 Å². The van der Waals surface area contributed by atoms with E-state index in [0.29, 0.717) is 11.5 Å².